The lowest BCUT2D eigenvalue weighted by Gasteiger charge is -2.38. The van der Waals surface area contributed by atoms with Crippen molar-refractivity contribution in [3.8, 4) is 11.5 Å². The predicted octanol–water partition coefficient (Wildman–Crippen LogP) is 3.88. The number of aryl methyl sites for hydroxylation is 2. The zero-order valence-corrected chi connectivity index (χ0v) is 14.8. The van der Waals surface area contributed by atoms with E-state index in [-0.39, 0.29) is 0 Å². The summed E-state index contributed by atoms with van der Waals surface area (Å²) in [7, 11) is 3.43. The maximum Gasteiger partial charge on any atom is 0.161 e. The first kappa shape index (κ1) is 15.0. The average molecular weight is 329 g/mol. The topological polar surface area (TPSA) is 30.5 Å². The highest BCUT2D eigenvalue weighted by atomic mass is 32.1. The number of methoxy groups -OCH3 is 2. The highest BCUT2D eigenvalue weighted by Crippen LogP contribution is 2.46. The second-order valence-corrected chi connectivity index (χ2v) is 7.58. The van der Waals surface area contributed by atoms with Crippen LogP contribution < -0.4 is 14.8 Å². The third-order valence-electron chi connectivity index (χ3n) is 5.21. The maximum atomic E-state index is 5.55. The van der Waals surface area contributed by atoms with Crippen LogP contribution in [0.3, 0.4) is 0 Å². The Balaban J connectivity index is 1.86. The molecule has 0 bridgehead atoms. The Morgan fingerprint density at radius 3 is 2.65 bits per heavy atom. The van der Waals surface area contributed by atoms with Crippen LogP contribution in [0, 0.1) is 0 Å². The fraction of sp³-hybridized carbons (Fsp3) is 0.474. The van der Waals surface area contributed by atoms with Gasteiger partial charge < -0.3 is 14.8 Å². The van der Waals surface area contributed by atoms with Gasteiger partial charge in [0.25, 0.3) is 0 Å². The molecule has 1 N–H and O–H groups in total. The van der Waals surface area contributed by atoms with Crippen LogP contribution in [0.25, 0.3) is 0 Å². The van der Waals surface area contributed by atoms with Gasteiger partial charge in [-0.3, -0.25) is 0 Å². The summed E-state index contributed by atoms with van der Waals surface area (Å²) in [6.45, 7) is 3.26. The molecular formula is C19H23NO2S. The van der Waals surface area contributed by atoms with E-state index < -0.39 is 0 Å². The van der Waals surface area contributed by atoms with E-state index in [1.165, 1.54) is 32.9 Å². The van der Waals surface area contributed by atoms with Gasteiger partial charge >= 0.3 is 0 Å². The van der Waals surface area contributed by atoms with Crippen molar-refractivity contribution in [2.45, 2.75) is 44.7 Å². The molecule has 23 heavy (non-hydrogen) atoms. The van der Waals surface area contributed by atoms with Crippen LogP contribution in [0.1, 0.15) is 45.7 Å². The number of hydrogen-bond acceptors (Lipinski definition) is 4. The van der Waals surface area contributed by atoms with Crippen molar-refractivity contribution in [1.29, 1.82) is 0 Å². The molecular weight excluding hydrogens is 306 g/mol. The smallest absolute Gasteiger partial charge is 0.161 e. The van der Waals surface area contributed by atoms with E-state index in [0.717, 1.165) is 30.9 Å². The quantitative estimate of drug-likeness (QED) is 0.927. The van der Waals surface area contributed by atoms with Gasteiger partial charge in [0.05, 0.1) is 14.2 Å². The largest absolute Gasteiger partial charge is 0.493 e. The Kier molecular flexibility index (Phi) is 3.82. The van der Waals surface area contributed by atoms with E-state index >= 15 is 0 Å². The minimum Gasteiger partial charge on any atom is -0.493 e. The lowest BCUT2D eigenvalue weighted by molar-refractivity contribution is 0.349. The molecule has 0 saturated heterocycles. The number of nitrogens with one attached hydrogen (secondary N) is 1. The number of benzene rings is 1. The number of rotatable bonds is 3. The van der Waals surface area contributed by atoms with Crippen molar-refractivity contribution in [1.82, 2.24) is 5.32 Å². The average Bonchev–Trinajstić information content (AvgIpc) is 3.03. The van der Waals surface area contributed by atoms with Gasteiger partial charge in [-0.05, 0) is 54.2 Å². The van der Waals surface area contributed by atoms with Crippen LogP contribution in [0.4, 0.5) is 0 Å². The number of fused-ring (bicyclic) bond motifs is 5. The standard InChI is InChI=1S/C19H23NO2S/c1-4-12-8-14-18(23-12)10-20-15-6-5-11-7-16(21-2)17(22-3)9-13(11)19(14)15/h7-9,15,19-20H,4-6,10H2,1-3H3. The van der Waals surface area contributed by atoms with E-state index in [9.17, 15) is 0 Å². The normalized spacial score (nSPS) is 22.0. The van der Waals surface area contributed by atoms with E-state index in [0.29, 0.717) is 12.0 Å². The van der Waals surface area contributed by atoms with Crippen molar-refractivity contribution < 1.29 is 9.47 Å². The number of thiophene rings is 1. The third kappa shape index (κ3) is 2.36. The van der Waals surface area contributed by atoms with Crippen molar-refractivity contribution >= 4 is 11.3 Å². The van der Waals surface area contributed by atoms with E-state index in [1.54, 1.807) is 14.2 Å². The molecule has 1 aliphatic carbocycles. The second-order valence-electron chi connectivity index (χ2n) is 6.35. The predicted molar refractivity (Wildman–Crippen MR) is 94.0 cm³/mol. The third-order valence-corrected chi connectivity index (χ3v) is 6.50. The fourth-order valence-corrected chi connectivity index (χ4v) is 5.15. The Bertz CT molecular complexity index is 737. The van der Waals surface area contributed by atoms with Gasteiger partial charge in [0.2, 0.25) is 0 Å². The Morgan fingerprint density at radius 2 is 1.91 bits per heavy atom. The van der Waals surface area contributed by atoms with Crippen molar-refractivity contribution in [2.75, 3.05) is 14.2 Å². The Hall–Kier alpha value is -1.52. The summed E-state index contributed by atoms with van der Waals surface area (Å²) in [6, 6.07) is 7.34. The van der Waals surface area contributed by atoms with E-state index in [1.807, 2.05) is 11.3 Å². The SMILES string of the molecule is CCc1cc2c(s1)CNC1CCc3cc(OC)c(OC)cc3C21. The molecule has 0 amide bonds. The second kappa shape index (κ2) is 5.84. The Labute approximate surface area is 141 Å². The molecule has 0 saturated carbocycles. The highest BCUT2D eigenvalue weighted by Gasteiger charge is 2.36. The molecule has 122 valence electrons. The summed E-state index contributed by atoms with van der Waals surface area (Å²) in [5.41, 5.74) is 4.35. The molecule has 2 unspecified atom stereocenters. The monoisotopic (exact) mass is 329 g/mol. The molecule has 1 aromatic heterocycles. The van der Waals surface area contributed by atoms with E-state index in [4.69, 9.17) is 9.47 Å². The minimum absolute atomic E-state index is 0.443. The van der Waals surface area contributed by atoms with Gasteiger partial charge in [0, 0.05) is 28.3 Å². The summed E-state index contributed by atoms with van der Waals surface area (Å²) < 4.78 is 11.0. The number of hydrogen-bond donors (Lipinski definition) is 1. The summed E-state index contributed by atoms with van der Waals surface area (Å²) >= 11 is 1.96. The lowest BCUT2D eigenvalue weighted by Crippen LogP contribution is -2.42. The van der Waals surface area contributed by atoms with Crippen LogP contribution in [0.15, 0.2) is 18.2 Å². The summed E-state index contributed by atoms with van der Waals surface area (Å²) in [4.78, 5) is 3.00. The van der Waals surface area contributed by atoms with Crippen LogP contribution in [-0.4, -0.2) is 20.3 Å². The van der Waals surface area contributed by atoms with Crippen molar-refractivity contribution in [2.24, 2.45) is 0 Å². The zero-order valence-electron chi connectivity index (χ0n) is 13.9. The van der Waals surface area contributed by atoms with Gasteiger partial charge in [-0.15, -0.1) is 11.3 Å². The first-order chi connectivity index (χ1) is 11.2. The first-order valence-electron chi connectivity index (χ1n) is 8.34. The molecule has 4 rings (SSSR count). The molecule has 3 nitrogen and oxygen atoms in total. The van der Waals surface area contributed by atoms with Gasteiger partial charge in [-0.2, -0.15) is 0 Å². The molecule has 2 aliphatic rings. The molecule has 2 atom stereocenters. The summed E-state index contributed by atoms with van der Waals surface area (Å²) in [6.07, 6.45) is 3.40. The summed E-state index contributed by atoms with van der Waals surface area (Å²) in [5, 5.41) is 3.76. The van der Waals surface area contributed by atoms with Gasteiger partial charge in [0.15, 0.2) is 11.5 Å². The van der Waals surface area contributed by atoms with Gasteiger partial charge in [0.1, 0.15) is 0 Å². The molecule has 2 heterocycles. The fourth-order valence-electron chi connectivity index (χ4n) is 4.04. The first-order valence-corrected chi connectivity index (χ1v) is 9.16. The molecule has 1 aromatic carbocycles. The van der Waals surface area contributed by atoms with Gasteiger partial charge in [-0.25, -0.2) is 0 Å². The summed E-state index contributed by atoms with van der Waals surface area (Å²) in [5.74, 6) is 2.12. The maximum absolute atomic E-state index is 5.55. The lowest BCUT2D eigenvalue weighted by atomic mass is 9.74. The number of ether oxygens (including phenoxy) is 2. The van der Waals surface area contributed by atoms with Crippen molar-refractivity contribution in [3.05, 3.63) is 44.6 Å². The van der Waals surface area contributed by atoms with Crippen LogP contribution in [-0.2, 0) is 19.4 Å². The molecule has 1 aliphatic heterocycles. The molecule has 0 spiro atoms. The Morgan fingerprint density at radius 1 is 1.13 bits per heavy atom. The van der Waals surface area contributed by atoms with Gasteiger partial charge in [-0.1, -0.05) is 6.92 Å². The van der Waals surface area contributed by atoms with E-state index in [2.05, 4.69) is 30.4 Å². The molecule has 0 radical (unpaired) electrons. The van der Waals surface area contributed by atoms with Crippen LogP contribution in [0.2, 0.25) is 0 Å². The zero-order chi connectivity index (χ0) is 16.0. The molecule has 4 heteroatoms. The minimum atomic E-state index is 0.443. The molecule has 0 fully saturated rings. The van der Waals surface area contributed by atoms with Crippen molar-refractivity contribution in [3.63, 3.8) is 0 Å². The van der Waals surface area contributed by atoms with Crippen LogP contribution >= 0.6 is 11.3 Å². The molecule has 2 aromatic rings. The highest BCUT2D eigenvalue weighted by molar-refractivity contribution is 7.12. The van der Waals surface area contributed by atoms with Crippen LogP contribution in [0.5, 0.6) is 11.5 Å².